The second-order valence-corrected chi connectivity index (χ2v) is 10.5. The minimum atomic E-state index is -0.418. The molecule has 6 rings (SSSR count). The van der Waals surface area contributed by atoms with Crippen molar-refractivity contribution in [3.8, 4) is 28.5 Å². The third-order valence-electron chi connectivity index (χ3n) is 7.94. The SMILES string of the molecule is CCc1cc(-c2cnn(C)c2-c2ccc3ccccc3c2C#N)cc2c(CNC(=O)c3ccccc3C(C)=O)n[nH]c(=O)c12. The van der Waals surface area contributed by atoms with E-state index in [-0.39, 0.29) is 23.5 Å². The van der Waals surface area contributed by atoms with Gasteiger partial charge in [-0.1, -0.05) is 67.6 Å². The molecule has 2 heterocycles. The van der Waals surface area contributed by atoms with E-state index in [4.69, 9.17) is 0 Å². The number of amides is 1. The van der Waals surface area contributed by atoms with Crippen LogP contribution < -0.4 is 10.9 Å². The van der Waals surface area contributed by atoms with Crippen molar-refractivity contribution in [1.82, 2.24) is 25.3 Å². The van der Waals surface area contributed by atoms with Crippen LogP contribution in [0, 0.1) is 11.3 Å². The average Bonchev–Trinajstić information content (AvgIpc) is 3.43. The van der Waals surface area contributed by atoms with Crippen LogP contribution >= 0.6 is 0 Å². The summed E-state index contributed by atoms with van der Waals surface area (Å²) in [5.74, 6) is -0.627. The van der Waals surface area contributed by atoms with Crippen LogP contribution in [-0.4, -0.2) is 31.7 Å². The van der Waals surface area contributed by atoms with E-state index >= 15 is 0 Å². The molecule has 0 atom stereocenters. The van der Waals surface area contributed by atoms with Gasteiger partial charge in [0.25, 0.3) is 11.5 Å². The normalized spacial score (nSPS) is 11.0. The molecule has 9 nitrogen and oxygen atoms in total. The molecule has 0 bridgehead atoms. The molecule has 0 aliphatic heterocycles. The lowest BCUT2D eigenvalue weighted by atomic mass is 9.92. The Labute approximate surface area is 252 Å². The summed E-state index contributed by atoms with van der Waals surface area (Å²) >= 11 is 0. The molecule has 2 aromatic heterocycles. The maximum Gasteiger partial charge on any atom is 0.272 e. The summed E-state index contributed by atoms with van der Waals surface area (Å²) in [6, 6.07) is 24.6. The van der Waals surface area contributed by atoms with Gasteiger partial charge in [0.05, 0.1) is 40.6 Å². The highest BCUT2D eigenvalue weighted by atomic mass is 16.2. The standard InChI is InChI=1S/C35H28N6O3/c1-4-21-15-23(30-18-38-41(3)33(30)26-14-13-22-9-5-6-11-25(22)29(26)17-36)16-28-31(39-40-35(44)32(21)28)19-37-34(43)27-12-8-7-10-24(27)20(2)42/h5-16,18H,4,19H2,1-3H3,(H,37,43)(H,40,44). The lowest BCUT2D eigenvalue weighted by Crippen LogP contribution is -2.26. The van der Waals surface area contributed by atoms with E-state index in [1.54, 1.807) is 35.1 Å². The molecule has 0 aliphatic carbocycles. The zero-order valence-corrected chi connectivity index (χ0v) is 24.4. The first kappa shape index (κ1) is 28.2. The molecule has 0 aliphatic rings. The lowest BCUT2D eigenvalue weighted by Gasteiger charge is -2.14. The largest absolute Gasteiger partial charge is 0.346 e. The number of aryl methyl sites for hydroxylation is 2. The first-order chi connectivity index (χ1) is 21.3. The average molecular weight is 581 g/mol. The van der Waals surface area contributed by atoms with Gasteiger partial charge in [-0.3, -0.25) is 19.1 Å². The van der Waals surface area contributed by atoms with Crippen molar-refractivity contribution < 1.29 is 9.59 Å². The maximum atomic E-state index is 13.1. The zero-order chi connectivity index (χ0) is 31.0. The van der Waals surface area contributed by atoms with Crippen molar-refractivity contribution in [2.45, 2.75) is 26.8 Å². The van der Waals surface area contributed by atoms with Crippen LogP contribution in [0.3, 0.4) is 0 Å². The van der Waals surface area contributed by atoms with Crippen molar-refractivity contribution in [2.75, 3.05) is 0 Å². The van der Waals surface area contributed by atoms with E-state index in [1.807, 2.05) is 62.5 Å². The summed E-state index contributed by atoms with van der Waals surface area (Å²) < 4.78 is 1.75. The summed E-state index contributed by atoms with van der Waals surface area (Å²) in [4.78, 5) is 38.2. The number of aromatic amines is 1. The number of benzene rings is 4. The van der Waals surface area contributed by atoms with Crippen molar-refractivity contribution in [3.63, 3.8) is 0 Å². The molecule has 0 saturated carbocycles. The van der Waals surface area contributed by atoms with E-state index in [0.717, 1.165) is 38.7 Å². The topological polar surface area (TPSA) is 134 Å². The van der Waals surface area contributed by atoms with Crippen LogP contribution in [0.5, 0.6) is 0 Å². The number of carbonyl (C=O) groups is 2. The Morgan fingerprint density at radius 1 is 0.977 bits per heavy atom. The molecule has 4 aromatic carbocycles. The highest BCUT2D eigenvalue weighted by molar-refractivity contribution is 6.07. The van der Waals surface area contributed by atoms with Gasteiger partial charge in [0.1, 0.15) is 6.07 Å². The molecule has 0 radical (unpaired) electrons. The number of aromatic nitrogens is 4. The fraction of sp³-hybridized carbons (Fsp3) is 0.143. The fourth-order valence-corrected chi connectivity index (χ4v) is 5.81. The number of rotatable bonds is 7. The van der Waals surface area contributed by atoms with Gasteiger partial charge in [0, 0.05) is 34.5 Å². The molecule has 216 valence electrons. The van der Waals surface area contributed by atoms with Crippen LogP contribution in [0.1, 0.15) is 51.4 Å². The highest BCUT2D eigenvalue weighted by Crippen LogP contribution is 2.38. The molecule has 9 heteroatoms. The van der Waals surface area contributed by atoms with Crippen molar-refractivity contribution in [2.24, 2.45) is 7.05 Å². The van der Waals surface area contributed by atoms with Crippen molar-refractivity contribution in [3.05, 3.63) is 117 Å². The molecule has 1 amide bonds. The molecule has 2 N–H and O–H groups in total. The number of ketones is 1. The number of Topliss-reactive ketones (excluding diaryl/α,β-unsaturated/α-hetero) is 1. The van der Waals surface area contributed by atoms with Crippen molar-refractivity contribution >= 4 is 33.2 Å². The van der Waals surface area contributed by atoms with E-state index < -0.39 is 5.91 Å². The molecule has 44 heavy (non-hydrogen) atoms. The van der Waals surface area contributed by atoms with Gasteiger partial charge in [-0.15, -0.1) is 0 Å². The number of carbonyl (C=O) groups excluding carboxylic acids is 2. The van der Waals surface area contributed by atoms with Crippen LogP contribution in [-0.2, 0) is 20.0 Å². The van der Waals surface area contributed by atoms with Crippen LogP contribution in [0.4, 0.5) is 0 Å². The molecular formula is C35H28N6O3. The minimum absolute atomic E-state index is 0.0219. The van der Waals surface area contributed by atoms with Gasteiger partial charge in [0.2, 0.25) is 0 Å². The summed E-state index contributed by atoms with van der Waals surface area (Å²) in [5.41, 5.74) is 5.22. The smallest absolute Gasteiger partial charge is 0.272 e. The number of nitrogens with zero attached hydrogens (tertiary/aromatic N) is 4. The third kappa shape index (κ3) is 4.82. The molecule has 0 fully saturated rings. The first-order valence-corrected chi connectivity index (χ1v) is 14.2. The molecule has 6 aromatic rings. The highest BCUT2D eigenvalue weighted by Gasteiger charge is 2.21. The maximum absolute atomic E-state index is 13.1. The van der Waals surface area contributed by atoms with Crippen LogP contribution in [0.15, 0.2) is 83.8 Å². The Morgan fingerprint density at radius 3 is 2.48 bits per heavy atom. The second kappa shape index (κ2) is 11.4. The summed E-state index contributed by atoms with van der Waals surface area (Å²) in [7, 11) is 1.84. The van der Waals surface area contributed by atoms with E-state index in [1.165, 1.54) is 6.92 Å². The summed E-state index contributed by atoms with van der Waals surface area (Å²) in [6.07, 6.45) is 2.33. The summed E-state index contributed by atoms with van der Waals surface area (Å²) in [6.45, 7) is 3.41. The summed E-state index contributed by atoms with van der Waals surface area (Å²) in [5, 5.41) is 27.4. The molecule has 0 spiro atoms. The zero-order valence-electron chi connectivity index (χ0n) is 24.4. The Bertz CT molecular complexity index is 2220. The van der Waals surface area contributed by atoms with E-state index in [9.17, 15) is 19.6 Å². The predicted octanol–water partition coefficient (Wildman–Crippen LogP) is 5.71. The molecular weight excluding hydrogens is 552 g/mol. The van der Waals surface area contributed by atoms with Gasteiger partial charge in [0.15, 0.2) is 5.78 Å². The Balaban J connectivity index is 1.48. The Hall–Kier alpha value is -5.88. The van der Waals surface area contributed by atoms with Crippen LogP contribution in [0.2, 0.25) is 0 Å². The number of hydrogen-bond donors (Lipinski definition) is 2. The van der Waals surface area contributed by atoms with E-state index in [0.29, 0.717) is 34.0 Å². The number of H-pyrrole nitrogens is 1. The monoisotopic (exact) mass is 580 g/mol. The number of nitrogens with one attached hydrogen (secondary N) is 2. The van der Waals surface area contributed by atoms with Gasteiger partial charge in [-0.2, -0.15) is 15.5 Å². The van der Waals surface area contributed by atoms with Gasteiger partial charge >= 0.3 is 0 Å². The molecule has 0 unspecified atom stereocenters. The Morgan fingerprint density at radius 2 is 1.73 bits per heavy atom. The Kier molecular flexibility index (Phi) is 7.33. The second-order valence-electron chi connectivity index (χ2n) is 10.5. The van der Waals surface area contributed by atoms with E-state index in [2.05, 4.69) is 26.7 Å². The van der Waals surface area contributed by atoms with Crippen molar-refractivity contribution in [1.29, 1.82) is 5.26 Å². The minimum Gasteiger partial charge on any atom is -0.346 e. The predicted molar refractivity (Wildman–Crippen MR) is 169 cm³/mol. The third-order valence-corrected chi connectivity index (χ3v) is 7.94. The number of nitriles is 1. The quantitative estimate of drug-likeness (QED) is 0.232. The first-order valence-electron chi connectivity index (χ1n) is 14.2. The van der Waals surface area contributed by atoms with Gasteiger partial charge < -0.3 is 5.32 Å². The number of fused-ring (bicyclic) bond motifs is 2. The lowest BCUT2D eigenvalue weighted by molar-refractivity contribution is 0.0936. The number of hydrogen-bond acceptors (Lipinski definition) is 6. The van der Waals surface area contributed by atoms with Gasteiger partial charge in [-0.05, 0) is 42.0 Å². The van der Waals surface area contributed by atoms with Crippen LogP contribution in [0.25, 0.3) is 43.9 Å². The molecule has 0 saturated heterocycles. The van der Waals surface area contributed by atoms with Gasteiger partial charge in [-0.25, -0.2) is 5.10 Å². The fourth-order valence-electron chi connectivity index (χ4n) is 5.81.